The number of amidine groups is 1. The third-order valence-corrected chi connectivity index (χ3v) is 6.34. The van der Waals surface area contributed by atoms with Gasteiger partial charge in [-0.15, -0.1) is 0 Å². The maximum absolute atomic E-state index is 10.7. The highest BCUT2D eigenvalue weighted by molar-refractivity contribution is 6.32. The van der Waals surface area contributed by atoms with Gasteiger partial charge in [-0.25, -0.2) is 4.98 Å². The van der Waals surface area contributed by atoms with E-state index in [-0.39, 0.29) is 18.1 Å². The quantitative estimate of drug-likeness (QED) is 0.558. The van der Waals surface area contributed by atoms with Crippen molar-refractivity contribution >= 4 is 45.4 Å². The summed E-state index contributed by atoms with van der Waals surface area (Å²) in [6, 6.07) is 11.4. The van der Waals surface area contributed by atoms with Gasteiger partial charge in [-0.3, -0.25) is 5.41 Å². The van der Waals surface area contributed by atoms with E-state index in [4.69, 9.17) is 21.7 Å². The second-order valence-electron chi connectivity index (χ2n) is 8.15. The Morgan fingerprint density at radius 2 is 1.91 bits per heavy atom. The average Bonchev–Trinajstić information content (AvgIpc) is 3.33. The highest BCUT2D eigenvalue weighted by Gasteiger charge is 2.33. The van der Waals surface area contributed by atoms with Gasteiger partial charge in [-0.05, 0) is 43.4 Å². The Balaban J connectivity index is 1.45. The zero-order valence-electron chi connectivity index (χ0n) is 18.0. The van der Waals surface area contributed by atoms with E-state index in [0.29, 0.717) is 27.9 Å². The maximum Gasteiger partial charge on any atom is 0.145 e. The van der Waals surface area contributed by atoms with Gasteiger partial charge in [0.15, 0.2) is 0 Å². The number of benzene rings is 2. The summed E-state index contributed by atoms with van der Waals surface area (Å²) in [5.41, 5.74) is 3.82. The van der Waals surface area contributed by atoms with Gasteiger partial charge < -0.3 is 29.5 Å². The Morgan fingerprint density at radius 3 is 2.66 bits per heavy atom. The lowest BCUT2D eigenvalue weighted by atomic mass is 10.2. The van der Waals surface area contributed by atoms with Crippen molar-refractivity contribution in [2.24, 2.45) is 0 Å². The average molecular weight is 453 g/mol. The van der Waals surface area contributed by atoms with Crippen LogP contribution in [0.25, 0.3) is 16.6 Å². The van der Waals surface area contributed by atoms with Gasteiger partial charge in [0.2, 0.25) is 0 Å². The minimum Gasteiger partial charge on any atom is -0.509 e. The molecule has 0 atom stereocenters. The summed E-state index contributed by atoms with van der Waals surface area (Å²) < 4.78 is 5.43. The second kappa shape index (κ2) is 8.03. The van der Waals surface area contributed by atoms with Gasteiger partial charge in [0.05, 0.1) is 35.9 Å². The van der Waals surface area contributed by atoms with E-state index in [0.717, 1.165) is 42.9 Å². The first kappa shape index (κ1) is 20.7. The number of halogens is 1. The van der Waals surface area contributed by atoms with Crippen molar-refractivity contribution in [1.29, 1.82) is 5.41 Å². The number of nitrogens with zero attached hydrogens (tertiary/aromatic N) is 4. The molecule has 0 amide bonds. The Bertz CT molecular complexity index is 1230. The number of hydrogen-bond acceptors (Lipinski definition) is 6. The summed E-state index contributed by atoms with van der Waals surface area (Å²) in [4.78, 5) is 14.3. The lowest BCUT2D eigenvalue weighted by molar-refractivity contribution is 0.313. The van der Waals surface area contributed by atoms with E-state index >= 15 is 0 Å². The highest BCUT2D eigenvalue weighted by Crippen LogP contribution is 2.37. The van der Waals surface area contributed by atoms with Crippen LogP contribution in [0.5, 0.6) is 5.75 Å². The summed E-state index contributed by atoms with van der Waals surface area (Å²) in [5, 5.41) is 20.0. The van der Waals surface area contributed by atoms with Crippen molar-refractivity contribution in [3.05, 3.63) is 53.0 Å². The molecule has 166 valence electrons. The molecule has 2 aliphatic rings. The fourth-order valence-electron chi connectivity index (χ4n) is 4.29. The van der Waals surface area contributed by atoms with Crippen LogP contribution in [0.3, 0.4) is 0 Å². The molecule has 3 heterocycles. The number of imidazole rings is 1. The minimum atomic E-state index is 0.0791. The molecule has 0 radical (unpaired) electrons. The molecule has 0 bridgehead atoms. The number of fused-ring (bicyclic) bond motifs is 1. The molecule has 3 aromatic rings. The third-order valence-electron chi connectivity index (χ3n) is 6.11. The molecule has 5 rings (SSSR count). The lowest BCUT2D eigenvalue weighted by Gasteiger charge is -2.34. The van der Waals surface area contributed by atoms with Crippen LogP contribution >= 0.6 is 11.6 Å². The van der Waals surface area contributed by atoms with Gasteiger partial charge in [0.1, 0.15) is 23.2 Å². The van der Waals surface area contributed by atoms with E-state index in [1.807, 2.05) is 6.07 Å². The van der Waals surface area contributed by atoms with Crippen LogP contribution in [-0.4, -0.2) is 72.7 Å². The number of likely N-dealkylation sites (N-methyl/N-ethyl adjacent to an activating group) is 1. The summed E-state index contributed by atoms with van der Waals surface area (Å²) in [5.74, 6) is 1.27. The minimum absolute atomic E-state index is 0.0791. The standard InChI is InChI=1S/C23H25ClN6O2/c1-28-7-9-29(10-8-28)15-4-5-16-17(12-15)27-23(26-16)21-19(31)13-30(22(21)25)18-11-14(24)3-6-20(18)32-2/h3-6,11-12,25,31H,7-10,13H2,1-2H3,(H,26,27). The number of piperazine rings is 1. The van der Waals surface area contributed by atoms with Gasteiger partial charge >= 0.3 is 0 Å². The van der Waals surface area contributed by atoms with E-state index in [1.54, 1.807) is 30.2 Å². The molecule has 0 aliphatic carbocycles. The van der Waals surface area contributed by atoms with E-state index in [9.17, 15) is 5.11 Å². The molecule has 0 spiro atoms. The second-order valence-corrected chi connectivity index (χ2v) is 8.59. The number of hydrogen-bond donors (Lipinski definition) is 3. The Morgan fingerprint density at radius 1 is 1.12 bits per heavy atom. The molecule has 32 heavy (non-hydrogen) atoms. The van der Waals surface area contributed by atoms with Crippen LogP contribution in [0.2, 0.25) is 5.02 Å². The topological polar surface area (TPSA) is 91.7 Å². The number of aliphatic hydroxyl groups excluding tert-OH is 1. The number of aliphatic hydroxyl groups is 1. The van der Waals surface area contributed by atoms with Gasteiger partial charge in [0, 0.05) is 36.9 Å². The zero-order valence-corrected chi connectivity index (χ0v) is 18.8. The summed E-state index contributed by atoms with van der Waals surface area (Å²) in [7, 11) is 3.71. The van der Waals surface area contributed by atoms with Crippen molar-refractivity contribution in [3.63, 3.8) is 0 Å². The van der Waals surface area contributed by atoms with Gasteiger partial charge in [-0.2, -0.15) is 0 Å². The number of methoxy groups -OCH3 is 1. The molecule has 2 aromatic carbocycles. The monoisotopic (exact) mass is 452 g/mol. The maximum atomic E-state index is 10.7. The molecule has 8 nitrogen and oxygen atoms in total. The number of nitrogens with one attached hydrogen (secondary N) is 2. The van der Waals surface area contributed by atoms with Crippen LogP contribution < -0.4 is 14.5 Å². The predicted octanol–water partition coefficient (Wildman–Crippen LogP) is 3.74. The van der Waals surface area contributed by atoms with E-state index < -0.39 is 0 Å². The highest BCUT2D eigenvalue weighted by atomic mass is 35.5. The first-order chi connectivity index (χ1) is 15.4. The normalized spacial score (nSPS) is 17.7. The molecule has 3 N–H and O–H groups in total. The van der Waals surface area contributed by atoms with Crippen molar-refractivity contribution in [3.8, 4) is 5.75 Å². The number of anilines is 2. The van der Waals surface area contributed by atoms with Gasteiger partial charge in [-0.1, -0.05) is 11.6 Å². The van der Waals surface area contributed by atoms with Crippen LogP contribution in [0, 0.1) is 5.41 Å². The summed E-state index contributed by atoms with van der Waals surface area (Å²) in [6.07, 6.45) is 0. The lowest BCUT2D eigenvalue weighted by Crippen LogP contribution is -2.44. The van der Waals surface area contributed by atoms with Crippen LogP contribution in [0.15, 0.2) is 42.2 Å². The summed E-state index contributed by atoms with van der Waals surface area (Å²) >= 11 is 6.18. The number of rotatable bonds is 4. The number of aromatic nitrogens is 2. The Kier molecular flexibility index (Phi) is 5.19. The molecule has 9 heteroatoms. The largest absolute Gasteiger partial charge is 0.509 e. The van der Waals surface area contributed by atoms with Crippen LogP contribution in [-0.2, 0) is 0 Å². The van der Waals surface area contributed by atoms with Crippen molar-refractivity contribution in [2.45, 2.75) is 0 Å². The van der Waals surface area contributed by atoms with Crippen LogP contribution in [0.1, 0.15) is 5.82 Å². The Hall–Kier alpha value is -3.23. The number of aromatic amines is 1. The van der Waals surface area contributed by atoms with Crippen molar-refractivity contribution in [1.82, 2.24) is 14.9 Å². The smallest absolute Gasteiger partial charge is 0.145 e. The molecule has 1 saturated heterocycles. The number of H-pyrrole nitrogens is 1. The fraction of sp³-hybridized carbons (Fsp3) is 0.304. The van der Waals surface area contributed by atoms with Crippen molar-refractivity contribution in [2.75, 3.05) is 56.7 Å². The zero-order chi connectivity index (χ0) is 22.4. The van der Waals surface area contributed by atoms with Crippen LogP contribution in [0.4, 0.5) is 11.4 Å². The molecular formula is C23H25ClN6O2. The molecular weight excluding hydrogens is 428 g/mol. The predicted molar refractivity (Wildman–Crippen MR) is 128 cm³/mol. The molecule has 2 aliphatic heterocycles. The number of ether oxygens (including phenoxy) is 1. The Labute approximate surface area is 191 Å². The first-order valence-corrected chi connectivity index (χ1v) is 10.9. The molecule has 1 aromatic heterocycles. The van der Waals surface area contributed by atoms with Gasteiger partial charge in [0.25, 0.3) is 0 Å². The first-order valence-electron chi connectivity index (χ1n) is 10.5. The molecule has 0 unspecified atom stereocenters. The summed E-state index contributed by atoms with van der Waals surface area (Å²) in [6.45, 7) is 4.18. The molecule has 0 saturated carbocycles. The fourth-order valence-corrected chi connectivity index (χ4v) is 4.45. The van der Waals surface area contributed by atoms with E-state index in [2.05, 4.69) is 38.9 Å². The SMILES string of the molecule is COc1ccc(Cl)cc1N1CC(O)=C(c2nc3ccc(N4CCN(C)CC4)cc3[nH]2)C1=N. The van der Waals surface area contributed by atoms with E-state index in [1.165, 1.54) is 0 Å². The van der Waals surface area contributed by atoms with Crippen molar-refractivity contribution < 1.29 is 9.84 Å². The molecule has 1 fully saturated rings. The third kappa shape index (κ3) is 3.55.